The van der Waals surface area contributed by atoms with Crippen LogP contribution in [-0.4, -0.2) is 6.29 Å². The maximum absolute atomic E-state index is 10.00. The van der Waals surface area contributed by atoms with Crippen molar-refractivity contribution in [3.05, 3.63) is 60.8 Å². The van der Waals surface area contributed by atoms with Gasteiger partial charge in [-0.3, -0.25) is 4.79 Å². The van der Waals surface area contributed by atoms with E-state index < -0.39 is 0 Å². The first-order valence-electron chi connectivity index (χ1n) is 9.01. The molecule has 0 aliphatic rings. The highest BCUT2D eigenvalue weighted by molar-refractivity contribution is 5.50. The average molecular weight is 314 g/mol. The summed E-state index contributed by atoms with van der Waals surface area (Å²) in [6, 6.07) is 0. The number of unbranched alkanes of at least 4 members (excludes halogenated alkanes) is 4. The zero-order valence-electron chi connectivity index (χ0n) is 14.8. The van der Waals surface area contributed by atoms with Crippen LogP contribution < -0.4 is 0 Å². The highest BCUT2D eigenvalue weighted by Gasteiger charge is 1.81. The normalized spacial score (nSPS) is 12.7. The molecule has 1 nitrogen and oxygen atoms in total. The summed E-state index contributed by atoms with van der Waals surface area (Å²) in [6.07, 6.45) is 34.3. The molecule has 127 valence electrons. The minimum atomic E-state index is 0.505. The van der Waals surface area contributed by atoms with E-state index in [9.17, 15) is 4.79 Å². The SMILES string of the molecule is CCCCCC=CCC=CCC=CCC=CCC=CCC[C]=O. The quantitative estimate of drug-likeness (QED) is 0.240. The molecule has 1 radical (unpaired) electrons. The van der Waals surface area contributed by atoms with Gasteiger partial charge in [0.25, 0.3) is 0 Å². The van der Waals surface area contributed by atoms with Crippen molar-refractivity contribution in [1.29, 1.82) is 0 Å². The Morgan fingerprint density at radius 2 is 1.04 bits per heavy atom. The van der Waals surface area contributed by atoms with Gasteiger partial charge < -0.3 is 0 Å². The summed E-state index contributed by atoms with van der Waals surface area (Å²) in [5.74, 6) is 0. The van der Waals surface area contributed by atoms with Crippen molar-refractivity contribution in [3.8, 4) is 0 Å². The highest BCUT2D eigenvalue weighted by Crippen LogP contribution is 2.01. The van der Waals surface area contributed by atoms with Gasteiger partial charge in [0.05, 0.1) is 0 Å². The van der Waals surface area contributed by atoms with E-state index in [1.807, 2.05) is 12.4 Å². The smallest absolute Gasteiger partial charge is 0.198 e. The number of allylic oxidation sites excluding steroid dienone is 10. The minimum Gasteiger partial charge on any atom is -0.291 e. The zero-order valence-corrected chi connectivity index (χ0v) is 14.8. The van der Waals surface area contributed by atoms with Gasteiger partial charge in [-0.15, -0.1) is 0 Å². The Morgan fingerprint density at radius 3 is 1.48 bits per heavy atom. The molecule has 0 rings (SSSR count). The fourth-order valence-corrected chi connectivity index (χ4v) is 1.97. The number of carbonyl (C=O) groups excluding carboxylic acids is 1. The van der Waals surface area contributed by atoms with Crippen LogP contribution in [0.5, 0.6) is 0 Å². The Balaban J connectivity index is 3.44. The van der Waals surface area contributed by atoms with Gasteiger partial charge in [-0.2, -0.15) is 0 Å². The van der Waals surface area contributed by atoms with Gasteiger partial charge in [-0.25, -0.2) is 0 Å². The molecule has 0 heterocycles. The molecule has 0 aliphatic carbocycles. The number of hydrogen-bond donors (Lipinski definition) is 0. The Bertz CT molecular complexity index is 383. The topological polar surface area (TPSA) is 17.1 Å². The second kappa shape index (κ2) is 20.4. The van der Waals surface area contributed by atoms with Gasteiger partial charge in [0.2, 0.25) is 0 Å². The maximum atomic E-state index is 10.00. The molecule has 0 aromatic carbocycles. The molecule has 0 aromatic heterocycles. The van der Waals surface area contributed by atoms with E-state index in [1.165, 1.54) is 25.7 Å². The molecule has 0 saturated carbocycles. The zero-order chi connectivity index (χ0) is 16.8. The Kier molecular flexibility index (Phi) is 18.9. The van der Waals surface area contributed by atoms with Gasteiger partial charge in [0.15, 0.2) is 6.29 Å². The van der Waals surface area contributed by atoms with Crippen molar-refractivity contribution < 1.29 is 4.79 Å². The molecule has 0 N–H and O–H groups in total. The second-order valence-electron chi connectivity index (χ2n) is 5.48. The molecule has 0 aromatic rings. The molecular formula is C22H33O. The summed E-state index contributed by atoms with van der Waals surface area (Å²) in [5, 5.41) is 0. The first kappa shape index (κ1) is 21.4. The average Bonchev–Trinajstić information content (AvgIpc) is 2.57. The Labute approximate surface area is 143 Å². The fraction of sp³-hybridized carbons (Fsp3) is 0.500. The van der Waals surface area contributed by atoms with Gasteiger partial charge >= 0.3 is 0 Å². The summed E-state index contributed by atoms with van der Waals surface area (Å²) in [7, 11) is 0. The van der Waals surface area contributed by atoms with Gasteiger partial charge in [-0.05, 0) is 44.9 Å². The van der Waals surface area contributed by atoms with Crippen LogP contribution >= 0.6 is 0 Å². The van der Waals surface area contributed by atoms with Crippen molar-refractivity contribution in [2.24, 2.45) is 0 Å². The Hall–Kier alpha value is -1.63. The summed E-state index contributed by atoms with van der Waals surface area (Å²) in [4.78, 5) is 10.00. The van der Waals surface area contributed by atoms with Crippen LogP contribution in [0.2, 0.25) is 0 Å². The lowest BCUT2D eigenvalue weighted by atomic mass is 10.2. The van der Waals surface area contributed by atoms with Gasteiger partial charge in [0.1, 0.15) is 0 Å². The largest absolute Gasteiger partial charge is 0.291 e. The summed E-state index contributed by atoms with van der Waals surface area (Å²) < 4.78 is 0. The van der Waals surface area contributed by atoms with Crippen LogP contribution in [-0.2, 0) is 4.79 Å². The van der Waals surface area contributed by atoms with Crippen LogP contribution in [0.3, 0.4) is 0 Å². The molecule has 0 fully saturated rings. The molecule has 0 atom stereocenters. The molecular weight excluding hydrogens is 280 g/mol. The molecule has 0 amide bonds. The van der Waals surface area contributed by atoms with Gasteiger partial charge in [0, 0.05) is 6.42 Å². The summed E-state index contributed by atoms with van der Waals surface area (Å²) >= 11 is 0. The molecule has 23 heavy (non-hydrogen) atoms. The third-order valence-electron chi connectivity index (χ3n) is 3.31. The van der Waals surface area contributed by atoms with Crippen LogP contribution in [0, 0.1) is 0 Å². The fourth-order valence-electron chi connectivity index (χ4n) is 1.97. The lowest BCUT2D eigenvalue weighted by Crippen LogP contribution is -1.70. The van der Waals surface area contributed by atoms with E-state index >= 15 is 0 Å². The van der Waals surface area contributed by atoms with Crippen molar-refractivity contribution >= 4 is 6.29 Å². The predicted molar refractivity (Wildman–Crippen MR) is 103 cm³/mol. The molecule has 0 saturated heterocycles. The lowest BCUT2D eigenvalue weighted by Gasteiger charge is -1.90. The monoisotopic (exact) mass is 313 g/mol. The minimum absolute atomic E-state index is 0.505. The first-order chi connectivity index (χ1) is 11.4. The molecule has 1 heteroatoms. The van der Waals surface area contributed by atoms with Crippen LogP contribution in [0.4, 0.5) is 0 Å². The van der Waals surface area contributed by atoms with Crippen molar-refractivity contribution in [2.45, 2.75) is 71.1 Å². The second-order valence-corrected chi connectivity index (χ2v) is 5.48. The van der Waals surface area contributed by atoms with E-state index in [0.717, 1.165) is 32.1 Å². The Morgan fingerprint density at radius 1 is 0.609 bits per heavy atom. The van der Waals surface area contributed by atoms with Crippen molar-refractivity contribution in [3.63, 3.8) is 0 Å². The van der Waals surface area contributed by atoms with E-state index in [2.05, 4.69) is 61.6 Å². The number of rotatable bonds is 15. The lowest BCUT2D eigenvalue weighted by molar-refractivity contribution is 0.552. The van der Waals surface area contributed by atoms with E-state index in [-0.39, 0.29) is 0 Å². The van der Waals surface area contributed by atoms with E-state index in [0.29, 0.717) is 6.42 Å². The molecule has 0 bridgehead atoms. The van der Waals surface area contributed by atoms with E-state index in [1.54, 1.807) is 0 Å². The van der Waals surface area contributed by atoms with Crippen molar-refractivity contribution in [2.75, 3.05) is 0 Å². The highest BCUT2D eigenvalue weighted by atomic mass is 16.1. The first-order valence-corrected chi connectivity index (χ1v) is 9.01. The van der Waals surface area contributed by atoms with Crippen LogP contribution in [0.1, 0.15) is 71.1 Å². The van der Waals surface area contributed by atoms with Gasteiger partial charge in [-0.1, -0.05) is 80.5 Å². The predicted octanol–water partition coefficient (Wildman–Crippen LogP) is 6.80. The van der Waals surface area contributed by atoms with Crippen molar-refractivity contribution in [1.82, 2.24) is 0 Å². The summed E-state index contributed by atoms with van der Waals surface area (Å²) in [5.41, 5.74) is 0. The number of hydrogen-bond acceptors (Lipinski definition) is 1. The maximum Gasteiger partial charge on any atom is 0.198 e. The molecule has 0 aliphatic heterocycles. The standard InChI is InChI=1S/C22H33O/c1-2-3-4-5-6-7-8-9-10-11-12-13-14-15-16-17-18-19-20-21-22-23/h6-7,9-10,12-13,15-16,18-19H,2-5,8,11,14,17,20-21H2,1H3. The third kappa shape index (κ3) is 20.4. The molecule has 0 spiro atoms. The van der Waals surface area contributed by atoms with Crippen LogP contribution in [0.25, 0.3) is 0 Å². The summed E-state index contributed by atoms with van der Waals surface area (Å²) in [6.45, 7) is 2.24. The molecule has 0 unspecified atom stereocenters. The van der Waals surface area contributed by atoms with Crippen LogP contribution in [0.15, 0.2) is 60.8 Å². The van der Waals surface area contributed by atoms with E-state index in [4.69, 9.17) is 0 Å². The third-order valence-corrected chi connectivity index (χ3v) is 3.31.